The predicted octanol–water partition coefficient (Wildman–Crippen LogP) is 5.23. The van der Waals surface area contributed by atoms with E-state index in [0.29, 0.717) is 5.41 Å². The van der Waals surface area contributed by atoms with Crippen molar-refractivity contribution in [3.8, 4) is 0 Å². The van der Waals surface area contributed by atoms with Crippen LogP contribution in [0.25, 0.3) is 12.2 Å². The Bertz CT molecular complexity index is 644. The molecule has 1 aromatic rings. The Morgan fingerprint density at radius 1 is 1.00 bits per heavy atom. The van der Waals surface area contributed by atoms with E-state index in [1.807, 2.05) is 0 Å². The molecule has 0 radical (unpaired) electrons. The van der Waals surface area contributed by atoms with E-state index in [0.717, 1.165) is 0 Å². The van der Waals surface area contributed by atoms with Gasteiger partial charge in [-0.25, -0.2) is 0 Å². The van der Waals surface area contributed by atoms with Gasteiger partial charge in [0.25, 0.3) is 0 Å². The summed E-state index contributed by atoms with van der Waals surface area (Å²) in [6, 6.07) is 8.78. The molecule has 0 heterocycles. The molecule has 0 amide bonds. The van der Waals surface area contributed by atoms with Crippen LogP contribution >= 0.6 is 0 Å². The summed E-state index contributed by atoms with van der Waals surface area (Å²) in [6.45, 7) is 4.89. The van der Waals surface area contributed by atoms with E-state index in [4.69, 9.17) is 0 Å². The molecular formula is C19H20. The Balaban J connectivity index is 2.03. The molecular weight excluding hydrogens is 228 g/mol. The van der Waals surface area contributed by atoms with Gasteiger partial charge in [-0.15, -0.1) is 0 Å². The highest BCUT2D eigenvalue weighted by Crippen LogP contribution is 2.61. The molecule has 0 heteroatoms. The Morgan fingerprint density at radius 2 is 1.74 bits per heavy atom. The summed E-state index contributed by atoms with van der Waals surface area (Å²) in [5.74, 6) is 0. The standard InChI is InChI=1S/C19H20/c1-18-9-5-8-16-10-14-6-3-4-7-15(14)11-17(12-18)19(16,2)13-18/h3-8,10-11H,9,12-13H2,1-2H3. The quantitative estimate of drug-likeness (QED) is 0.589. The van der Waals surface area contributed by atoms with Gasteiger partial charge < -0.3 is 0 Å². The smallest absolute Gasteiger partial charge is 0.0142 e. The second-order valence-electron chi connectivity index (χ2n) is 7.00. The molecule has 4 rings (SSSR count). The number of allylic oxidation sites excluding steroid dienone is 4. The van der Waals surface area contributed by atoms with Crippen molar-refractivity contribution >= 4 is 12.2 Å². The van der Waals surface area contributed by atoms with Crippen LogP contribution in [0, 0.1) is 10.8 Å². The van der Waals surface area contributed by atoms with Crippen molar-refractivity contribution in [3.05, 3.63) is 58.7 Å². The van der Waals surface area contributed by atoms with Crippen LogP contribution in [0.5, 0.6) is 0 Å². The molecule has 2 unspecified atom stereocenters. The van der Waals surface area contributed by atoms with Crippen molar-refractivity contribution in [3.63, 3.8) is 0 Å². The van der Waals surface area contributed by atoms with Crippen LogP contribution in [0.2, 0.25) is 0 Å². The number of hydrogen-bond acceptors (Lipinski definition) is 0. The molecule has 0 aliphatic heterocycles. The predicted molar refractivity (Wildman–Crippen MR) is 81.6 cm³/mol. The van der Waals surface area contributed by atoms with Gasteiger partial charge in [0.1, 0.15) is 0 Å². The fraction of sp³-hybridized carbons (Fsp3) is 0.368. The normalized spacial score (nSPS) is 35.1. The molecule has 0 N–H and O–H groups in total. The first-order valence-corrected chi connectivity index (χ1v) is 7.28. The topological polar surface area (TPSA) is 0 Å². The van der Waals surface area contributed by atoms with E-state index in [1.54, 1.807) is 5.57 Å². The summed E-state index contributed by atoms with van der Waals surface area (Å²) < 4.78 is 0. The molecule has 1 fully saturated rings. The molecule has 1 aromatic carbocycles. The van der Waals surface area contributed by atoms with Crippen LogP contribution in [-0.4, -0.2) is 0 Å². The van der Waals surface area contributed by atoms with Crippen LogP contribution in [0.1, 0.15) is 44.2 Å². The zero-order valence-corrected chi connectivity index (χ0v) is 11.7. The van der Waals surface area contributed by atoms with E-state index in [2.05, 4.69) is 62.4 Å². The van der Waals surface area contributed by atoms with E-state index in [-0.39, 0.29) is 5.41 Å². The van der Waals surface area contributed by atoms with Gasteiger partial charge in [0, 0.05) is 5.41 Å². The lowest BCUT2D eigenvalue weighted by atomic mass is 9.76. The van der Waals surface area contributed by atoms with Gasteiger partial charge in [0.05, 0.1) is 0 Å². The fourth-order valence-corrected chi connectivity index (χ4v) is 4.32. The Labute approximate surface area is 115 Å². The minimum absolute atomic E-state index is 0.251. The maximum absolute atomic E-state index is 2.46. The third-order valence-corrected chi connectivity index (χ3v) is 5.29. The molecule has 0 saturated heterocycles. The molecule has 0 spiro atoms. The van der Waals surface area contributed by atoms with Crippen LogP contribution in [-0.2, 0) is 0 Å². The molecule has 0 nitrogen and oxygen atoms in total. The van der Waals surface area contributed by atoms with Gasteiger partial charge in [-0.3, -0.25) is 0 Å². The maximum atomic E-state index is 2.46. The van der Waals surface area contributed by atoms with Crippen molar-refractivity contribution in [1.29, 1.82) is 0 Å². The van der Waals surface area contributed by atoms with Crippen LogP contribution in [0.4, 0.5) is 0 Å². The van der Waals surface area contributed by atoms with Gasteiger partial charge >= 0.3 is 0 Å². The van der Waals surface area contributed by atoms with Crippen molar-refractivity contribution in [2.24, 2.45) is 10.8 Å². The molecule has 3 aliphatic carbocycles. The van der Waals surface area contributed by atoms with Gasteiger partial charge in [0.2, 0.25) is 0 Å². The largest absolute Gasteiger partial charge is 0.0837 e. The van der Waals surface area contributed by atoms with Gasteiger partial charge in [0.15, 0.2) is 0 Å². The van der Waals surface area contributed by atoms with Crippen molar-refractivity contribution in [2.75, 3.05) is 0 Å². The summed E-state index contributed by atoms with van der Waals surface area (Å²) in [5, 5.41) is 0. The van der Waals surface area contributed by atoms with Gasteiger partial charge in [-0.1, -0.05) is 68.0 Å². The van der Waals surface area contributed by atoms with Crippen molar-refractivity contribution in [2.45, 2.75) is 33.1 Å². The first-order valence-electron chi connectivity index (χ1n) is 7.28. The second kappa shape index (κ2) is 3.50. The third kappa shape index (κ3) is 1.52. The zero-order chi connectivity index (χ0) is 13.1. The highest BCUT2D eigenvalue weighted by Gasteiger charge is 2.48. The van der Waals surface area contributed by atoms with E-state index >= 15 is 0 Å². The number of benzene rings is 1. The highest BCUT2D eigenvalue weighted by atomic mass is 14.5. The Hall–Kier alpha value is -1.56. The minimum Gasteiger partial charge on any atom is -0.0837 e. The summed E-state index contributed by atoms with van der Waals surface area (Å²) in [5.41, 5.74) is 6.60. The average Bonchev–Trinajstić information content (AvgIpc) is 2.49. The van der Waals surface area contributed by atoms with Crippen LogP contribution in [0.3, 0.4) is 0 Å². The summed E-state index contributed by atoms with van der Waals surface area (Å²) in [6.07, 6.45) is 13.4. The third-order valence-electron chi connectivity index (χ3n) is 5.29. The Morgan fingerprint density at radius 3 is 2.53 bits per heavy atom. The lowest BCUT2D eigenvalue weighted by molar-refractivity contribution is 0.306. The number of rotatable bonds is 0. The zero-order valence-electron chi connectivity index (χ0n) is 11.7. The first kappa shape index (κ1) is 11.3. The summed E-state index contributed by atoms with van der Waals surface area (Å²) in [7, 11) is 0. The number of fused-ring (bicyclic) bond motifs is 2. The maximum Gasteiger partial charge on any atom is 0.0142 e. The molecule has 96 valence electrons. The van der Waals surface area contributed by atoms with Crippen molar-refractivity contribution < 1.29 is 0 Å². The molecule has 0 aromatic heterocycles. The van der Waals surface area contributed by atoms with Crippen LogP contribution < -0.4 is 0 Å². The highest BCUT2D eigenvalue weighted by molar-refractivity contribution is 5.75. The summed E-state index contributed by atoms with van der Waals surface area (Å²) in [4.78, 5) is 0. The van der Waals surface area contributed by atoms with Crippen LogP contribution in [0.15, 0.2) is 47.6 Å². The minimum atomic E-state index is 0.251. The summed E-state index contributed by atoms with van der Waals surface area (Å²) >= 11 is 0. The van der Waals surface area contributed by atoms with Gasteiger partial charge in [-0.05, 0) is 41.4 Å². The molecule has 2 bridgehead atoms. The SMILES string of the molecule is CC12CC=CC3=Cc4ccccc4C=C(C1)C3(C)C2. The van der Waals surface area contributed by atoms with Crippen molar-refractivity contribution in [1.82, 2.24) is 0 Å². The lowest BCUT2D eigenvalue weighted by Crippen LogP contribution is -2.17. The van der Waals surface area contributed by atoms with E-state index < -0.39 is 0 Å². The Kier molecular flexibility index (Phi) is 2.08. The number of hydrogen-bond donors (Lipinski definition) is 0. The second-order valence-corrected chi connectivity index (χ2v) is 7.00. The van der Waals surface area contributed by atoms with E-state index in [9.17, 15) is 0 Å². The molecule has 2 atom stereocenters. The van der Waals surface area contributed by atoms with Gasteiger partial charge in [-0.2, -0.15) is 0 Å². The monoisotopic (exact) mass is 248 g/mol. The first-order chi connectivity index (χ1) is 9.09. The molecule has 1 saturated carbocycles. The van der Waals surface area contributed by atoms with E-state index in [1.165, 1.54) is 36.0 Å². The fourth-order valence-electron chi connectivity index (χ4n) is 4.32. The average molecular weight is 248 g/mol. The lowest BCUT2D eigenvalue weighted by Gasteiger charge is -2.27. The molecule has 19 heavy (non-hydrogen) atoms. The molecule has 3 aliphatic rings.